The highest BCUT2D eigenvalue weighted by Crippen LogP contribution is 2.28. The van der Waals surface area contributed by atoms with E-state index in [-0.39, 0.29) is 17.5 Å². The highest BCUT2D eigenvalue weighted by molar-refractivity contribution is 7.91. The summed E-state index contributed by atoms with van der Waals surface area (Å²) in [5.74, 6) is 1.97. The van der Waals surface area contributed by atoms with Crippen molar-refractivity contribution in [3.05, 3.63) is 36.4 Å². The van der Waals surface area contributed by atoms with Crippen LogP contribution < -0.4 is 9.80 Å². The number of hydrogen-bond acceptors (Lipinski definition) is 6. The van der Waals surface area contributed by atoms with E-state index in [9.17, 15) is 8.42 Å². The molecule has 3 heterocycles. The maximum Gasteiger partial charge on any atom is 0.227 e. The summed E-state index contributed by atoms with van der Waals surface area (Å²) in [7, 11) is -1.04. The molecule has 1 aromatic carbocycles. The van der Waals surface area contributed by atoms with Gasteiger partial charge in [-0.2, -0.15) is 4.98 Å². The van der Waals surface area contributed by atoms with Crippen LogP contribution in [0.1, 0.15) is 19.3 Å². The number of benzene rings is 1. The van der Waals surface area contributed by atoms with E-state index in [1.807, 2.05) is 48.3 Å². The largest absolute Gasteiger partial charge is 0.356 e. The van der Waals surface area contributed by atoms with Gasteiger partial charge in [-0.25, -0.2) is 13.4 Å². The van der Waals surface area contributed by atoms with E-state index < -0.39 is 9.84 Å². The molecule has 0 spiro atoms. The smallest absolute Gasteiger partial charge is 0.227 e. The second-order valence-corrected chi connectivity index (χ2v) is 9.37. The van der Waals surface area contributed by atoms with E-state index in [4.69, 9.17) is 9.97 Å². The quantitative estimate of drug-likeness (QED) is 0.821. The number of sulfone groups is 1. The van der Waals surface area contributed by atoms with Crippen molar-refractivity contribution in [3.8, 4) is 11.3 Å². The minimum atomic E-state index is -2.94. The summed E-state index contributed by atoms with van der Waals surface area (Å²) >= 11 is 0. The Morgan fingerprint density at radius 3 is 2.50 bits per heavy atom. The molecule has 2 saturated heterocycles. The fourth-order valence-electron chi connectivity index (χ4n) is 3.69. The molecule has 2 aromatic rings. The van der Waals surface area contributed by atoms with Crippen LogP contribution in [-0.4, -0.2) is 56.1 Å². The fraction of sp³-hybridized carbons (Fsp3) is 0.474. The van der Waals surface area contributed by atoms with Crippen molar-refractivity contribution >= 4 is 21.6 Å². The molecule has 0 saturated carbocycles. The van der Waals surface area contributed by atoms with E-state index in [0.717, 1.165) is 30.2 Å². The highest BCUT2D eigenvalue weighted by Gasteiger charge is 2.32. The molecule has 1 aromatic heterocycles. The molecule has 2 fully saturated rings. The van der Waals surface area contributed by atoms with Gasteiger partial charge < -0.3 is 9.80 Å². The van der Waals surface area contributed by atoms with E-state index in [1.54, 1.807) is 0 Å². The van der Waals surface area contributed by atoms with Crippen LogP contribution in [0.15, 0.2) is 36.4 Å². The normalized spacial score (nSPS) is 21.9. The molecule has 2 aliphatic heterocycles. The molecule has 0 aliphatic carbocycles. The molecule has 0 N–H and O–H groups in total. The van der Waals surface area contributed by atoms with E-state index >= 15 is 0 Å². The zero-order valence-corrected chi connectivity index (χ0v) is 15.8. The molecule has 0 amide bonds. The molecular formula is C19H24N4O2S. The van der Waals surface area contributed by atoms with Crippen molar-refractivity contribution in [2.75, 3.05) is 41.4 Å². The Morgan fingerprint density at radius 1 is 1.12 bits per heavy atom. The Kier molecular flexibility index (Phi) is 4.56. The van der Waals surface area contributed by atoms with Gasteiger partial charge in [0.05, 0.1) is 17.2 Å². The SMILES string of the molecule is CN(c1nc(-c2ccccc2)cc(N2CCCC2)n1)C1CCS(=O)(=O)C1. The Labute approximate surface area is 154 Å². The zero-order chi connectivity index (χ0) is 18.1. The molecule has 1 atom stereocenters. The number of rotatable bonds is 4. The third-order valence-electron chi connectivity index (χ3n) is 5.27. The Balaban J connectivity index is 1.72. The summed E-state index contributed by atoms with van der Waals surface area (Å²) in [6.45, 7) is 2.01. The zero-order valence-electron chi connectivity index (χ0n) is 15.0. The first kappa shape index (κ1) is 17.3. The maximum atomic E-state index is 11.9. The van der Waals surface area contributed by atoms with Crippen LogP contribution in [-0.2, 0) is 9.84 Å². The average molecular weight is 372 g/mol. The second-order valence-electron chi connectivity index (χ2n) is 7.14. The maximum absolute atomic E-state index is 11.9. The predicted molar refractivity (Wildman–Crippen MR) is 104 cm³/mol. The van der Waals surface area contributed by atoms with Crippen molar-refractivity contribution in [1.82, 2.24) is 9.97 Å². The molecule has 0 radical (unpaired) electrons. The van der Waals surface area contributed by atoms with Gasteiger partial charge in [0.15, 0.2) is 9.84 Å². The predicted octanol–water partition coefficient (Wildman–Crippen LogP) is 2.37. The van der Waals surface area contributed by atoms with Gasteiger partial charge in [-0.15, -0.1) is 0 Å². The van der Waals surface area contributed by atoms with E-state index in [2.05, 4.69) is 4.90 Å². The third-order valence-corrected chi connectivity index (χ3v) is 7.02. The van der Waals surface area contributed by atoms with Gasteiger partial charge >= 0.3 is 0 Å². The lowest BCUT2D eigenvalue weighted by Crippen LogP contribution is -2.34. The fourth-order valence-corrected chi connectivity index (χ4v) is 5.46. The van der Waals surface area contributed by atoms with Crippen LogP contribution in [0.2, 0.25) is 0 Å². The molecule has 1 unspecified atom stereocenters. The van der Waals surface area contributed by atoms with Crippen LogP contribution in [0.4, 0.5) is 11.8 Å². The summed E-state index contributed by atoms with van der Waals surface area (Å²) in [5.41, 5.74) is 1.93. The van der Waals surface area contributed by atoms with Crippen LogP contribution in [0.3, 0.4) is 0 Å². The Bertz CT molecular complexity index is 880. The molecule has 0 bridgehead atoms. The Morgan fingerprint density at radius 2 is 1.85 bits per heavy atom. The van der Waals surface area contributed by atoms with E-state index in [1.165, 1.54) is 12.8 Å². The van der Waals surface area contributed by atoms with Gasteiger partial charge in [0.25, 0.3) is 0 Å². The standard InChI is InChI=1S/C19H24N4O2S/c1-22(16-9-12-26(24,25)14-16)19-20-17(15-7-3-2-4-8-15)13-18(21-19)23-10-5-6-11-23/h2-4,7-8,13,16H,5-6,9-12,14H2,1H3. The van der Waals surface area contributed by atoms with Crippen LogP contribution in [0.5, 0.6) is 0 Å². The summed E-state index contributed by atoms with van der Waals surface area (Å²) < 4.78 is 23.7. The van der Waals surface area contributed by atoms with Gasteiger partial charge in [0, 0.05) is 37.8 Å². The monoisotopic (exact) mass is 372 g/mol. The van der Waals surface area contributed by atoms with Crippen molar-refractivity contribution < 1.29 is 8.42 Å². The van der Waals surface area contributed by atoms with Gasteiger partial charge in [0.1, 0.15) is 5.82 Å². The lowest BCUT2D eigenvalue weighted by Gasteiger charge is -2.26. The van der Waals surface area contributed by atoms with Crippen LogP contribution >= 0.6 is 0 Å². The first-order valence-electron chi connectivity index (χ1n) is 9.14. The summed E-state index contributed by atoms with van der Waals surface area (Å²) in [4.78, 5) is 13.8. The first-order valence-corrected chi connectivity index (χ1v) is 11.0. The number of aromatic nitrogens is 2. The lowest BCUT2D eigenvalue weighted by molar-refractivity contribution is 0.600. The van der Waals surface area contributed by atoms with Crippen molar-refractivity contribution in [2.24, 2.45) is 0 Å². The topological polar surface area (TPSA) is 66.4 Å². The van der Waals surface area contributed by atoms with Crippen molar-refractivity contribution in [3.63, 3.8) is 0 Å². The summed E-state index contributed by atoms with van der Waals surface area (Å²) in [6.07, 6.45) is 2.99. The molecule has 4 rings (SSSR count). The number of hydrogen-bond donors (Lipinski definition) is 0. The highest BCUT2D eigenvalue weighted by atomic mass is 32.2. The lowest BCUT2D eigenvalue weighted by atomic mass is 10.1. The molecule has 26 heavy (non-hydrogen) atoms. The summed E-state index contributed by atoms with van der Waals surface area (Å²) in [5, 5.41) is 0. The molecule has 2 aliphatic rings. The summed E-state index contributed by atoms with van der Waals surface area (Å²) in [6, 6.07) is 12.1. The Hall–Kier alpha value is -2.15. The average Bonchev–Trinajstić information content (AvgIpc) is 3.31. The van der Waals surface area contributed by atoms with Gasteiger partial charge in [0.2, 0.25) is 5.95 Å². The second kappa shape index (κ2) is 6.87. The van der Waals surface area contributed by atoms with Gasteiger partial charge in [-0.05, 0) is 19.3 Å². The first-order chi connectivity index (χ1) is 12.5. The third kappa shape index (κ3) is 3.53. The van der Waals surface area contributed by atoms with E-state index in [0.29, 0.717) is 12.4 Å². The van der Waals surface area contributed by atoms with Crippen molar-refractivity contribution in [2.45, 2.75) is 25.3 Å². The molecule has 138 valence electrons. The minimum absolute atomic E-state index is 0.0579. The number of anilines is 2. The molecular weight excluding hydrogens is 348 g/mol. The molecule has 6 nitrogen and oxygen atoms in total. The van der Waals surface area contributed by atoms with Crippen molar-refractivity contribution in [1.29, 1.82) is 0 Å². The van der Waals surface area contributed by atoms with Crippen LogP contribution in [0, 0.1) is 0 Å². The van der Waals surface area contributed by atoms with Gasteiger partial charge in [-0.1, -0.05) is 30.3 Å². The minimum Gasteiger partial charge on any atom is -0.356 e. The van der Waals surface area contributed by atoms with Gasteiger partial charge in [-0.3, -0.25) is 0 Å². The number of nitrogens with zero attached hydrogens (tertiary/aromatic N) is 4. The molecule has 7 heteroatoms. The van der Waals surface area contributed by atoms with Crippen LogP contribution in [0.25, 0.3) is 11.3 Å².